The first-order valence-electron chi connectivity index (χ1n) is 6.88. The number of rotatable bonds is 2. The molecule has 0 saturated heterocycles. The third-order valence-electron chi connectivity index (χ3n) is 3.52. The zero-order chi connectivity index (χ0) is 15.7. The van der Waals surface area contributed by atoms with Gasteiger partial charge in [0, 0.05) is 5.56 Å². The van der Waals surface area contributed by atoms with Gasteiger partial charge in [-0.3, -0.25) is 19.3 Å². The van der Waals surface area contributed by atoms with Crippen molar-refractivity contribution >= 4 is 29.0 Å². The molecule has 0 radical (unpaired) electrons. The summed E-state index contributed by atoms with van der Waals surface area (Å²) in [6.45, 7) is 1.74. The first kappa shape index (κ1) is 14.0. The summed E-state index contributed by atoms with van der Waals surface area (Å²) in [5.74, 6) is -1.64. The Balaban J connectivity index is 1.93. The normalized spacial score (nSPS) is 13.3. The molecule has 1 N–H and O–H groups in total. The molecule has 0 aromatic heterocycles. The largest absolute Gasteiger partial charge is 0.323 e. The number of benzene rings is 2. The highest BCUT2D eigenvalue weighted by atomic mass is 16.2. The topological polar surface area (TPSA) is 66.5 Å². The number of amides is 2. The molecule has 0 saturated carbocycles. The van der Waals surface area contributed by atoms with Gasteiger partial charge in [-0.25, -0.2) is 0 Å². The number of fused-ring (bicyclic) bond motifs is 1. The van der Waals surface area contributed by atoms with Crippen molar-refractivity contribution in [2.24, 2.45) is 0 Å². The van der Waals surface area contributed by atoms with E-state index in [2.05, 4.69) is 5.32 Å². The molecule has 0 atom stereocenters. The summed E-state index contributed by atoms with van der Waals surface area (Å²) in [6, 6.07) is 13.7. The van der Waals surface area contributed by atoms with E-state index in [0.717, 1.165) is 5.56 Å². The quantitative estimate of drug-likeness (QED) is 0.682. The third-order valence-corrected chi connectivity index (χ3v) is 3.52. The summed E-state index contributed by atoms with van der Waals surface area (Å²) < 4.78 is 0. The monoisotopic (exact) mass is 294 g/mol. The lowest BCUT2D eigenvalue weighted by Gasteiger charge is -2.28. The Morgan fingerprint density at radius 2 is 1.73 bits per heavy atom. The second kappa shape index (κ2) is 5.44. The van der Waals surface area contributed by atoms with E-state index < -0.39 is 11.7 Å². The van der Waals surface area contributed by atoms with Crippen LogP contribution in [0, 0.1) is 6.92 Å². The number of hydrogen-bond acceptors (Lipinski definition) is 3. The number of para-hydroxylation sites is 2. The second-order valence-corrected chi connectivity index (χ2v) is 5.15. The first-order valence-corrected chi connectivity index (χ1v) is 6.88. The van der Waals surface area contributed by atoms with Gasteiger partial charge in [-0.15, -0.1) is 0 Å². The van der Waals surface area contributed by atoms with Crippen molar-refractivity contribution in [3.05, 3.63) is 59.7 Å². The van der Waals surface area contributed by atoms with Crippen LogP contribution >= 0.6 is 0 Å². The summed E-state index contributed by atoms with van der Waals surface area (Å²) in [4.78, 5) is 37.8. The van der Waals surface area contributed by atoms with Gasteiger partial charge < -0.3 is 5.32 Å². The van der Waals surface area contributed by atoms with Crippen molar-refractivity contribution < 1.29 is 14.4 Å². The zero-order valence-corrected chi connectivity index (χ0v) is 12.0. The highest BCUT2D eigenvalue weighted by molar-refractivity contribution is 6.48. The number of aryl methyl sites for hydroxylation is 1. The van der Waals surface area contributed by atoms with E-state index in [-0.39, 0.29) is 12.5 Å². The minimum atomic E-state index is -0.703. The molecule has 0 unspecified atom stereocenters. The van der Waals surface area contributed by atoms with Crippen molar-refractivity contribution in [1.29, 1.82) is 0 Å². The Hall–Kier alpha value is -2.95. The highest BCUT2D eigenvalue weighted by Gasteiger charge is 2.31. The van der Waals surface area contributed by atoms with E-state index >= 15 is 0 Å². The molecule has 2 aromatic rings. The van der Waals surface area contributed by atoms with Gasteiger partial charge in [0.25, 0.3) is 11.7 Å². The molecular weight excluding hydrogens is 280 g/mol. The Bertz CT molecular complexity index is 766. The second-order valence-electron chi connectivity index (χ2n) is 5.15. The number of carbonyl (C=O) groups excluding carboxylic acids is 3. The molecule has 22 heavy (non-hydrogen) atoms. The van der Waals surface area contributed by atoms with E-state index in [1.54, 1.807) is 48.5 Å². The average molecular weight is 294 g/mol. The molecule has 0 fully saturated rings. The predicted octanol–water partition coefficient (Wildman–Crippen LogP) is 2.16. The summed E-state index contributed by atoms with van der Waals surface area (Å²) >= 11 is 0. The zero-order valence-electron chi connectivity index (χ0n) is 12.0. The minimum absolute atomic E-state index is 0.159. The van der Waals surface area contributed by atoms with Crippen LogP contribution in [0.4, 0.5) is 11.4 Å². The number of carbonyl (C=O) groups is 3. The fourth-order valence-electron chi connectivity index (χ4n) is 2.37. The van der Waals surface area contributed by atoms with Crippen LogP contribution in [0.2, 0.25) is 0 Å². The fourth-order valence-corrected chi connectivity index (χ4v) is 2.37. The van der Waals surface area contributed by atoms with Crippen molar-refractivity contribution in [3.8, 4) is 0 Å². The van der Waals surface area contributed by atoms with Gasteiger partial charge in [0.2, 0.25) is 5.91 Å². The lowest BCUT2D eigenvalue weighted by molar-refractivity contribution is -0.119. The molecule has 2 amide bonds. The van der Waals surface area contributed by atoms with E-state index in [1.807, 2.05) is 6.92 Å². The highest BCUT2D eigenvalue weighted by Crippen LogP contribution is 2.29. The van der Waals surface area contributed by atoms with Gasteiger partial charge >= 0.3 is 0 Å². The maximum Gasteiger partial charge on any atom is 0.299 e. The molecule has 1 aliphatic heterocycles. The first-order chi connectivity index (χ1) is 10.6. The SMILES string of the molecule is Cc1ccc(C(=O)C(=O)N2CC(=O)Nc3ccccc32)cc1. The van der Waals surface area contributed by atoms with Gasteiger partial charge in [0.05, 0.1) is 11.4 Å². The Morgan fingerprint density at radius 1 is 1.05 bits per heavy atom. The third kappa shape index (κ3) is 2.48. The molecule has 5 nitrogen and oxygen atoms in total. The Morgan fingerprint density at radius 3 is 2.45 bits per heavy atom. The smallest absolute Gasteiger partial charge is 0.299 e. The molecule has 0 aliphatic carbocycles. The number of nitrogens with zero attached hydrogens (tertiary/aromatic N) is 1. The van der Waals surface area contributed by atoms with Crippen LogP contribution in [-0.2, 0) is 9.59 Å². The number of hydrogen-bond donors (Lipinski definition) is 1. The van der Waals surface area contributed by atoms with Crippen molar-refractivity contribution in [2.45, 2.75) is 6.92 Å². The van der Waals surface area contributed by atoms with Crippen LogP contribution in [0.5, 0.6) is 0 Å². The molecule has 3 rings (SSSR count). The number of ketones is 1. The van der Waals surface area contributed by atoms with E-state index in [0.29, 0.717) is 16.9 Å². The lowest BCUT2D eigenvalue weighted by Crippen LogP contribution is -2.45. The number of Topliss-reactive ketones (excluding diaryl/α,β-unsaturated/α-hetero) is 1. The summed E-state index contributed by atoms with van der Waals surface area (Å²) in [5, 5.41) is 2.69. The van der Waals surface area contributed by atoms with E-state index in [4.69, 9.17) is 0 Å². The van der Waals surface area contributed by atoms with Gasteiger partial charge in [0.1, 0.15) is 6.54 Å². The van der Waals surface area contributed by atoms with Crippen LogP contribution in [0.3, 0.4) is 0 Å². The number of anilines is 2. The van der Waals surface area contributed by atoms with Crippen molar-refractivity contribution in [3.63, 3.8) is 0 Å². The fraction of sp³-hybridized carbons (Fsp3) is 0.118. The predicted molar refractivity (Wildman–Crippen MR) is 82.9 cm³/mol. The van der Waals surface area contributed by atoms with Crippen LogP contribution in [0.1, 0.15) is 15.9 Å². The maximum atomic E-state index is 12.5. The molecular formula is C17H14N2O3. The van der Waals surface area contributed by atoms with E-state index in [9.17, 15) is 14.4 Å². The van der Waals surface area contributed by atoms with Gasteiger partial charge in [0.15, 0.2) is 0 Å². The van der Waals surface area contributed by atoms with Gasteiger partial charge in [-0.1, -0.05) is 42.0 Å². The van der Waals surface area contributed by atoms with Gasteiger partial charge in [-0.2, -0.15) is 0 Å². The van der Waals surface area contributed by atoms with Crippen LogP contribution in [0.25, 0.3) is 0 Å². The average Bonchev–Trinajstić information content (AvgIpc) is 2.53. The minimum Gasteiger partial charge on any atom is -0.323 e. The summed E-state index contributed by atoms with van der Waals surface area (Å²) in [5.41, 5.74) is 2.39. The lowest BCUT2D eigenvalue weighted by atomic mass is 10.1. The van der Waals surface area contributed by atoms with Crippen LogP contribution in [0.15, 0.2) is 48.5 Å². The van der Waals surface area contributed by atoms with Crippen molar-refractivity contribution in [2.75, 3.05) is 16.8 Å². The van der Waals surface area contributed by atoms with Crippen molar-refractivity contribution in [1.82, 2.24) is 0 Å². The summed E-state index contributed by atoms with van der Waals surface area (Å²) in [7, 11) is 0. The molecule has 0 bridgehead atoms. The molecule has 0 spiro atoms. The molecule has 2 aromatic carbocycles. The summed E-state index contributed by atoms with van der Waals surface area (Å²) in [6.07, 6.45) is 0. The molecule has 1 aliphatic rings. The van der Waals surface area contributed by atoms with Crippen LogP contribution < -0.4 is 10.2 Å². The molecule has 1 heterocycles. The Labute approximate surface area is 127 Å². The molecule has 5 heteroatoms. The van der Waals surface area contributed by atoms with Gasteiger partial charge in [-0.05, 0) is 19.1 Å². The standard InChI is InChI=1S/C17H14N2O3/c1-11-6-8-12(9-7-11)16(21)17(22)19-10-15(20)18-13-4-2-3-5-14(13)19/h2-9H,10H2,1H3,(H,18,20). The van der Waals surface area contributed by atoms with Crippen LogP contribution in [-0.4, -0.2) is 24.1 Å². The maximum absolute atomic E-state index is 12.5. The molecule has 110 valence electrons. The number of nitrogens with one attached hydrogen (secondary N) is 1. The Kier molecular flexibility index (Phi) is 3.47. The van der Waals surface area contributed by atoms with E-state index in [1.165, 1.54) is 4.90 Å².